The maximum Gasteiger partial charge on any atom is 0.418 e. The van der Waals surface area contributed by atoms with Crippen LogP contribution in [0, 0.1) is 5.41 Å². The molecule has 0 aromatic rings. The average Bonchev–Trinajstić information content (AvgIpc) is 2.72. The lowest BCUT2D eigenvalue weighted by molar-refractivity contribution is -0.0316. The highest BCUT2D eigenvalue weighted by molar-refractivity contribution is 7.80. The van der Waals surface area contributed by atoms with Gasteiger partial charge in [0.15, 0.2) is 0 Å². The molecule has 0 aliphatic carbocycles. The number of amides is 2. The Balaban J connectivity index is 1.64. The molecule has 0 aromatic heterocycles. The topological polar surface area (TPSA) is 135 Å². The van der Waals surface area contributed by atoms with Gasteiger partial charge in [-0.1, -0.05) is 0 Å². The molecule has 3 rings (SSSR count). The van der Waals surface area contributed by atoms with Crippen molar-refractivity contribution in [3.63, 3.8) is 0 Å². The van der Waals surface area contributed by atoms with Crippen molar-refractivity contribution in [3.05, 3.63) is 0 Å². The molecule has 11 heteroatoms. The molecule has 0 spiro atoms. The number of hydrogen-bond donors (Lipinski definition) is 4. The summed E-state index contributed by atoms with van der Waals surface area (Å²) in [5.41, 5.74) is 0. The van der Waals surface area contributed by atoms with Crippen molar-refractivity contribution >= 4 is 22.3 Å². The number of carbonyl (C=O) groups excluding carboxylic acids is 1. The zero-order chi connectivity index (χ0) is 16.6. The lowest BCUT2D eigenvalue weighted by Crippen LogP contribution is -2.54. The summed E-state index contributed by atoms with van der Waals surface area (Å²) in [6.45, 7) is 2.04. The summed E-state index contributed by atoms with van der Waals surface area (Å²) in [7, 11) is -4.74. The summed E-state index contributed by atoms with van der Waals surface area (Å²) in [4.78, 5) is 13.7. The highest BCUT2D eigenvalue weighted by Crippen LogP contribution is 2.30. The molecule has 2 amide bonds. The third kappa shape index (κ3) is 3.57. The molecule has 3 saturated heterocycles. The van der Waals surface area contributed by atoms with E-state index in [4.69, 9.17) is 9.96 Å². The SMILES string of the molecule is N=C(N[C@H]1CCCNC1)[C@@H]1CC[C@@H]2CN1C(=O)N2OS(=O)(=O)O. The summed E-state index contributed by atoms with van der Waals surface area (Å²) >= 11 is 0. The molecule has 0 radical (unpaired) electrons. The first kappa shape index (κ1) is 16.4. The standard InChI is InChI=1S/C12H21N5O5S/c13-11(15-8-2-1-5-14-6-8)10-4-3-9-7-16(10)12(18)17(9)22-23(19,20)21/h8-10,14H,1-7H2,(H2,13,15)(H,19,20,21)/t8-,9+,10-/m0/s1. The second-order valence-electron chi connectivity index (χ2n) is 6.11. The van der Waals surface area contributed by atoms with E-state index in [-0.39, 0.29) is 18.4 Å². The number of rotatable bonds is 4. The molecule has 0 unspecified atom stereocenters. The van der Waals surface area contributed by atoms with Crippen molar-refractivity contribution < 1.29 is 22.0 Å². The third-order valence-corrected chi connectivity index (χ3v) is 4.84. The maximum atomic E-state index is 12.3. The lowest BCUT2D eigenvalue weighted by Gasteiger charge is -2.33. The van der Waals surface area contributed by atoms with E-state index in [9.17, 15) is 13.2 Å². The van der Waals surface area contributed by atoms with Crippen LogP contribution in [0.5, 0.6) is 0 Å². The van der Waals surface area contributed by atoms with Gasteiger partial charge in [0.25, 0.3) is 0 Å². The van der Waals surface area contributed by atoms with Crippen LogP contribution in [-0.2, 0) is 14.7 Å². The van der Waals surface area contributed by atoms with Gasteiger partial charge < -0.3 is 15.5 Å². The number of hydroxylamine groups is 2. The number of nitrogens with one attached hydrogen (secondary N) is 3. The highest BCUT2D eigenvalue weighted by Gasteiger charge is 2.48. The van der Waals surface area contributed by atoms with E-state index >= 15 is 0 Å². The Morgan fingerprint density at radius 2 is 2.17 bits per heavy atom. The fourth-order valence-corrected chi connectivity index (χ4v) is 3.81. The second kappa shape index (κ2) is 6.23. The van der Waals surface area contributed by atoms with Crippen molar-refractivity contribution in [2.45, 2.75) is 43.8 Å². The van der Waals surface area contributed by atoms with E-state index in [1.54, 1.807) is 0 Å². The van der Waals surface area contributed by atoms with Gasteiger partial charge in [0, 0.05) is 19.1 Å². The van der Waals surface area contributed by atoms with Gasteiger partial charge in [-0.05, 0) is 32.2 Å². The number of piperidine rings is 2. The highest BCUT2D eigenvalue weighted by atomic mass is 32.3. The molecule has 3 heterocycles. The normalized spacial score (nSPS) is 31.3. The minimum Gasteiger partial charge on any atom is -0.368 e. The van der Waals surface area contributed by atoms with Crippen LogP contribution in [0.15, 0.2) is 0 Å². The van der Waals surface area contributed by atoms with Gasteiger partial charge in [-0.2, -0.15) is 13.5 Å². The number of nitrogens with zero attached hydrogens (tertiary/aromatic N) is 2. The van der Waals surface area contributed by atoms with Crippen molar-refractivity contribution in [2.75, 3.05) is 19.6 Å². The summed E-state index contributed by atoms with van der Waals surface area (Å²) in [6, 6.07) is -1.32. The first-order valence-corrected chi connectivity index (χ1v) is 9.04. The molecule has 23 heavy (non-hydrogen) atoms. The fourth-order valence-electron chi connectivity index (χ4n) is 3.42. The molecular weight excluding hydrogens is 326 g/mol. The van der Waals surface area contributed by atoms with Crippen LogP contribution in [0.3, 0.4) is 0 Å². The third-order valence-electron chi connectivity index (χ3n) is 4.49. The van der Waals surface area contributed by atoms with Gasteiger partial charge in [0.1, 0.15) is 5.84 Å². The largest absolute Gasteiger partial charge is 0.418 e. The van der Waals surface area contributed by atoms with Crippen LogP contribution in [0.1, 0.15) is 25.7 Å². The van der Waals surface area contributed by atoms with Crippen LogP contribution in [0.2, 0.25) is 0 Å². The Morgan fingerprint density at radius 1 is 1.39 bits per heavy atom. The quantitative estimate of drug-likeness (QED) is 0.300. The first-order valence-electron chi connectivity index (χ1n) is 7.67. The number of hydrogen-bond acceptors (Lipinski definition) is 6. The molecule has 3 atom stereocenters. The predicted molar refractivity (Wildman–Crippen MR) is 80.1 cm³/mol. The van der Waals surface area contributed by atoms with Gasteiger partial charge in [-0.15, -0.1) is 4.28 Å². The molecule has 3 aliphatic rings. The van der Waals surface area contributed by atoms with Crippen molar-refractivity contribution in [3.8, 4) is 0 Å². The van der Waals surface area contributed by atoms with Crippen LogP contribution in [-0.4, -0.2) is 72.6 Å². The minimum absolute atomic E-state index is 0.164. The van der Waals surface area contributed by atoms with Crippen LogP contribution >= 0.6 is 0 Å². The Morgan fingerprint density at radius 3 is 2.83 bits per heavy atom. The van der Waals surface area contributed by atoms with E-state index in [0.29, 0.717) is 17.9 Å². The minimum atomic E-state index is -4.74. The summed E-state index contributed by atoms with van der Waals surface area (Å²) in [6.07, 6.45) is 3.07. The lowest BCUT2D eigenvalue weighted by atomic mass is 9.99. The number of carbonyl (C=O) groups is 1. The zero-order valence-corrected chi connectivity index (χ0v) is 13.4. The molecule has 0 saturated carbocycles. The number of fused-ring (bicyclic) bond motifs is 2. The Labute approximate surface area is 134 Å². The smallest absolute Gasteiger partial charge is 0.368 e. The molecular formula is C12H21N5O5S. The van der Waals surface area contributed by atoms with Crippen molar-refractivity contribution in [2.24, 2.45) is 0 Å². The Hall–Kier alpha value is -1.43. The molecule has 0 aromatic carbocycles. The second-order valence-corrected chi connectivity index (χ2v) is 7.12. The zero-order valence-electron chi connectivity index (χ0n) is 12.6. The van der Waals surface area contributed by atoms with Gasteiger partial charge in [0.2, 0.25) is 0 Å². The predicted octanol–water partition coefficient (Wildman–Crippen LogP) is -0.692. The summed E-state index contributed by atoms with van der Waals surface area (Å²) < 4.78 is 34.9. The Kier molecular flexibility index (Phi) is 4.45. The van der Waals surface area contributed by atoms with E-state index in [0.717, 1.165) is 25.9 Å². The maximum absolute atomic E-state index is 12.3. The molecule has 130 valence electrons. The van der Waals surface area contributed by atoms with Gasteiger partial charge in [-0.3, -0.25) is 9.96 Å². The Bertz CT molecular complexity index is 591. The van der Waals surface area contributed by atoms with Gasteiger partial charge >= 0.3 is 16.4 Å². The van der Waals surface area contributed by atoms with Crippen molar-refractivity contribution in [1.82, 2.24) is 20.6 Å². The molecule has 10 nitrogen and oxygen atoms in total. The fraction of sp³-hybridized carbons (Fsp3) is 0.833. The van der Waals surface area contributed by atoms with Crippen LogP contribution in [0.25, 0.3) is 0 Å². The number of amidine groups is 1. The van der Waals surface area contributed by atoms with Crippen LogP contribution in [0.4, 0.5) is 4.79 Å². The monoisotopic (exact) mass is 347 g/mol. The summed E-state index contributed by atoms with van der Waals surface area (Å²) in [5.74, 6) is 0.263. The summed E-state index contributed by atoms with van der Waals surface area (Å²) in [5, 5.41) is 15.4. The van der Waals surface area contributed by atoms with Gasteiger partial charge in [-0.25, -0.2) is 4.79 Å². The van der Waals surface area contributed by atoms with E-state index < -0.39 is 28.5 Å². The van der Waals surface area contributed by atoms with E-state index in [1.165, 1.54) is 4.90 Å². The molecule has 3 fully saturated rings. The average molecular weight is 347 g/mol. The molecule has 3 aliphatic heterocycles. The van der Waals surface area contributed by atoms with Crippen LogP contribution < -0.4 is 10.6 Å². The molecule has 4 N–H and O–H groups in total. The van der Waals surface area contributed by atoms with E-state index in [1.807, 2.05) is 0 Å². The van der Waals surface area contributed by atoms with Crippen molar-refractivity contribution in [1.29, 1.82) is 5.41 Å². The van der Waals surface area contributed by atoms with E-state index in [2.05, 4.69) is 14.9 Å². The number of urea groups is 1. The molecule has 2 bridgehead atoms. The first-order chi connectivity index (χ1) is 10.8. The van der Waals surface area contributed by atoms with Gasteiger partial charge in [0.05, 0.1) is 12.1 Å².